The Morgan fingerprint density at radius 3 is 2.36 bits per heavy atom. The fourth-order valence-electron chi connectivity index (χ4n) is 2.00. The molecule has 0 unspecified atom stereocenters. The molecule has 0 radical (unpaired) electrons. The van der Waals surface area contributed by atoms with Crippen LogP contribution in [0.2, 0.25) is 5.02 Å². The monoisotopic (exact) mass is 366 g/mol. The van der Waals surface area contributed by atoms with Crippen LogP contribution in [0.4, 0.5) is 14.5 Å². The van der Waals surface area contributed by atoms with E-state index < -0.39 is 28.9 Å². The average molecular weight is 367 g/mol. The molecule has 132 valence electrons. The first-order valence-corrected chi connectivity index (χ1v) is 7.88. The summed E-state index contributed by atoms with van der Waals surface area (Å²) in [6, 6.07) is 9.74. The summed E-state index contributed by atoms with van der Waals surface area (Å²) >= 11 is 5.67. The largest absolute Gasteiger partial charge is 0.351 e. The van der Waals surface area contributed by atoms with E-state index in [2.05, 4.69) is 10.6 Å². The van der Waals surface area contributed by atoms with Crippen LogP contribution in [-0.4, -0.2) is 11.8 Å². The first kappa shape index (κ1) is 18.9. The van der Waals surface area contributed by atoms with Gasteiger partial charge in [-0.1, -0.05) is 29.8 Å². The maximum atomic E-state index is 13.6. The maximum Gasteiger partial charge on any atom is 0.239 e. The lowest BCUT2D eigenvalue weighted by atomic mass is 9.90. The average Bonchev–Trinajstić information content (AvgIpc) is 2.57. The van der Waals surface area contributed by atoms with Crippen molar-refractivity contribution in [1.82, 2.24) is 5.32 Å². The Morgan fingerprint density at radius 1 is 1.04 bits per heavy atom. The topological polar surface area (TPSA) is 58.2 Å². The van der Waals surface area contributed by atoms with E-state index in [0.29, 0.717) is 5.56 Å². The molecule has 0 aliphatic rings. The van der Waals surface area contributed by atoms with E-state index in [1.165, 1.54) is 32.0 Å². The van der Waals surface area contributed by atoms with Gasteiger partial charge in [-0.3, -0.25) is 9.59 Å². The molecule has 0 atom stereocenters. The van der Waals surface area contributed by atoms with Crippen LogP contribution in [-0.2, 0) is 16.1 Å². The normalized spacial score (nSPS) is 11.1. The molecule has 0 fully saturated rings. The number of rotatable bonds is 5. The number of hydrogen-bond donors (Lipinski definition) is 2. The van der Waals surface area contributed by atoms with Gasteiger partial charge in [0.1, 0.15) is 17.0 Å². The molecule has 2 amide bonds. The van der Waals surface area contributed by atoms with Crippen molar-refractivity contribution in [3.63, 3.8) is 0 Å². The van der Waals surface area contributed by atoms with E-state index in [1.807, 2.05) is 0 Å². The lowest BCUT2D eigenvalue weighted by molar-refractivity contribution is -0.138. The van der Waals surface area contributed by atoms with E-state index in [9.17, 15) is 18.4 Å². The molecule has 2 rings (SSSR count). The quantitative estimate of drug-likeness (QED) is 0.788. The fraction of sp³-hybridized carbons (Fsp3) is 0.222. The fourth-order valence-corrected chi connectivity index (χ4v) is 2.18. The van der Waals surface area contributed by atoms with E-state index in [4.69, 9.17) is 11.6 Å². The minimum Gasteiger partial charge on any atom is -0.351 e. The highest BCUT2D eigenvalue weighted by Crippen LogP contribution is 2.23. The van der Waals surface area contributed by atoms with Crippen LogP contribution in [0.1, 0.15) is 19.4 Å². The molecular formula is C18H17ClF2N2O2. The Hall–Kier alpha value is -2.47. The molecule has 7 heteroatoms. The van der Waals surface area contributed by atoms with E-state index >= 15 is 0 Å². The molecule has 4 nitrogen and oxygen atoms in total. The predicted octanol–water partition coefficient (Wildman–Crippen LogP) is 3.90. The van der Waals surface area contributed by atoms with E-state index in [1.54, 1.807) is 18.2 Å². The van der Waals surface area contributed by atoms with Gasteiger partial charge in [0.2, 0.25) is 11.8 Å². The van der Waals surface area contributed by atoms with Crippen molar-refractivity contribution in [2.75, 3.05) is 5.32 Å². The summed E-state index contributed by atoms with van der Waals surface area (Å²) in [6.45, 7) is 2.83. The summed E-state index contributed by atoms with van der Waals surface area (Å²) in [7, 11) is 0. The summed E-state index contributed by atoms with van der Waals surface area (Å²) in [5, 5.41) is 4.92. The van der Waals surface area contributed by atoms with Gasteiger partial charge in [0, 0.05) is 17.8 Å². The van der Waals surface area contributed by atoms with Crippen molar-refractivity contribution in [3.8, 4) is 0 Å². The molecule has 2 aromatic rings. The predicted molar refractivity (Wildman–Crippen MR) is 92.1 cm³/mol. The number of halogens is 3. The van der Waals surface area contributed by atoms with Gasteiger partial charge in [-0.15, -0.1) is 0 Å². The molecule has 0 aromatic heterocycles. The lowest BCUT2D eigenvalue weighted by Crippen LogP contribution is -2.45. The highest BCUT2D eigenvalue weighted by Gasteiger charge is 2.36. The summed E-state index contributed by atoms with van der Waals surface area (Å²) in [5.41, 5.74) is -0.838. The van der Waals surface area contributed by atoms with Crippen molar-refractivity contribution >= 4 is 29.1 Å². The van der Waals surface area contributed by atoms with Crippen LogP contribution in [0.15, 0.2) is 42.5 Å². The molecule has 0 bridgehead atoms. The second-order valence-corrected chi connectivity index (χ2v) is 6.39. The minimum absolute atomic E-state index is 0.0371. The van der Waals surface area contributed by atoms with Crippen LogP contribution in [0.25, 0.3) is 0 Å². The zero-order chi connectivity index (χ0) is 18.6. The highest BCUT2D eigenvalue weighted by molar-refractivity contribution is 6.31. The summed E-state index contributed by atoms with van der Waals surface area (Å²) in [5.74, 6) is -2.21. The Bertz CT molecular complexity index is 809. The van der Waals surface area contributed by atoms with E-state index in [0.717, 1.165) is 6.07 Å². The Kier molecular flexibility index (Phi) is 5.74. The van der Waals surface area contributed by atoms with Crippen LogP contribution >= 0.6 is 11.6 Å². The van der Waals surface area contributed by atoms with Crippen LogP contribution in [0.3, 0.4) is 0 Å². The number of hydrogen-bond acceptors (Lipinski definition) is 2. The van der Waals surface area contributed by atoms with Gasteiger partial charge < -0.3 is 10.6 Å². The SMILES string of the molecule is CC(C)(C(=O)NCc1ccccc1F)C(=O)Nc1ccc(F)c(Cl)c1. The number of benzene rings is 2. The molecule has 0 saturated carbocycles. The van der Waals surface area contributed by atoms with Crippen molar-refractivity contribution < 1.29 is 18.4 Å². The molecule has 2 N–H and O–H groups in total. The van der Waals surface area contributed by atoms with Crippen molar-refractivity contribution in [2.45, 2.75) is 20.4 Å². The van der Waals surface area contributed by atoms with Gasteiger partial charge in [0.05, 0.1) is 5.02 Å². The summed E-state index contributed by atoms with van der Waals surface area (Å²) in [6.07, 6.45) is 0. The number of nitrogens with one attached hydrogen (secondary N) is 2. The third kappa shape index (κ3) is 4.54. The second-order valence-electron chi connectivity index (χ2n) is 5.98. The smallest absolute Gasteiger partial charge is 0.239 e. The van der Waals surface area contributed by atoms with Gasteiger partial charge in [0.15, 0.2) is 0 Å². The zero-order valence-corrected chi connectivity index (χ0v) is 14.5. The van der Waals surface area contributed by atoms with Gasteiger partial charge in [-0.25, -0.2) is 8.78 Å². The van der Waals surface area contributed by atoms with Crippen molar-refractivity contribution in [1.29, 1.82) is 0 Å². The van der Waals surface area contributed by atoms with Crippen molar-refractivity contribution in [2.24, 2.45) is 5.41 Å². The third-order valence-electron chi connectivity index (χ3n) is 3.71. The lowest BCUT2D eigenvalue weighted by Gasteiger charge is -2.23. The van der Waals surface area contributed by atoms with Crippen LogP contribution in [0.5, 0.6) is 0 Å². The number of carbonyl (C=O) groups excluding carboxylic acids is 2. The van der Waals surface area contributed by atoms with Gasteiger partial charge in [-0.05, 0) is 38.1 Å². The molecule has 2 aromatic carbocycles. The first-order valence-electron chi connectivity index (χ1n) is 7.50. The number of carbonyl (C=O) groups is 2. The number of amides is 2. The van der Waals surface area contributed by atoms with Crippen LogP contribution < -0.4 is 10.6 Å². The zero-order valence-electron chi connectivity index (χ0n) is 13.7. The standard InChI is InChI=1S/C18H17ClF2N2O2/c1-18(2,16(24)22-10-11-5-3-4-6-14(11)20)17(25)23-12-7-8-15(21)13(19)9-12/h3-9H,10H2,1-2H3,(H,22,24)(H,23,25). The highest BCUT2D eigenvalue weighted by atomic mass is 35.5. The third-order valence-corrected chi connectivity index (χ3v) is 4.00. The maximum absolute atomic E-state index is 13.6. The van der Waals surface area contributed by atoms with Gasteiger partial charge in [0.25, 0.3) is 0 Å². The summed E-state index contributed by atoms with van der Waals surface area (Å²) in [4.78, 5) is 24.7. The number of anilines is 1. The minimum atomic E-state index is -1.42. The molecule has 0 aliphatic heterocycles. The Labute approximate surface area is 149 Å². The molecule has 0 saturated heterocycles. The Balaban J connectivity index is 2.03. The first-order chi connectivity index (χ1) is 11.7. The van der Waals surface area contributed by atoms with Gasteiger partial charge in [-0.2, -0.15) is 0 Å². The molecule has 0 aliphatic carbocycles. The molecule has 0 spiro atoms. The second kappa shape index (κ2) is 7.61. The molecule has 25 heavy (non-hydrogen) atoms. The van der Waals surface area contributed by atoms with Crippen LogP contribution in [0, 0.1) is 17.0 Å². The van der Waals surface area contributed by atoms with Crippen molar-refractivity contribution in [3.05, 3.63) is 64.7 Å². The molecular weight excluding hydrogens is 350 g/mol. The Morgan fingerprint density at radius 2 is 1.72 bits per heavy atom. The molecule has 0 heterocycles. The summed E-state index contributed by atoms with van der Waals surface area (Å²) < 4.78 is 26.7. The van der Waals surface area contributed by atoms with E-state index in [-0.39, 0.29) is 17.3 Å². The van der Waals surface area contributed by atoms with Gasteiger partial charge >= 0.3 is 0 Å².